The van der Waals surface area contributed by atoms with Crippen molar-refractivity contribution in [3.8, 4) is 23.0 Å². The summed E-state index contributed by atoms with van der Waals surface area (Å²) >= 11 is 0. The van der Waals surface area contributed by atoms with Crippen LogP contribution in [0.4, 0.5) is 0 Å². The zero-order valence-corrected chi connectivity index (χ0v) is 21.6. The number of carbonyl (C=O) groups is 2. The minimum Gasteiger partial charge on any atom is -0.490 e. The number of ether oxygens (including phenoxy) is 4. The van der Waals surface area contributed by atoms with Crippen molar-refractivity contribution in [3.63, 3.8) is 0 Å². The van der Waals surface area contributed by atoms with Gasteiger partial charge in [0.05, 0.1) is 12.8 Å². The van der Waals surface area contributed by atoms with Gasteiger partial charge in [-0.05, 0) is 60.4 Å². The smallest absolute Gasteiger partial charge is 0.262 e. The molecule has 0 spiro atoms. The highest BCUT2D eigenvalue weighted by molar-refractivity contribution is 5.98. The lowest BCUT2D eigenvalue weighted by Crippen LogP contribution is -2.48. The van der Waals surface area contributed by atoms with Gasteiger partial charge in [-0.25, -0.2) is 5.43 Å². The van der Waals surface area contributed by atoms with E-state index in [0.717, 1.165) is 5.56 Å². The molecule has 4 rings (SSSR count). The number of carbonyl (C=O) groups excluding carboxylic acids is 2. The van der Waals surface area contributed by atoms with Gasteiger partial charge >= 0.3 is 0 Å². The van der Waals surface area contributed by atoms with Crippen molar-refractivity contribution in [2.45, 2.75) is 33.4 Å². The first-order valence-corrected chi connectivity index (χ1v) is 12.4. The Bertz CT molecular complexity index is 1290. The maximum Gasteiger partial charge on any atom is 0.262 e. The topological polar surface area (TPSA) is 107 Å². The first-order valence-electron chi connectivity index (χ1n) is 12.4. The second kappa shape index (κ2) is 12.6. The van der Waals surface area contributed by atoms with Crippen LogP contribution in [-0.4, -0.2) is 37.5 Å². The Morgan fingerprint density at radius 3 is 2.53 bits per heavy atom. The number of hydrogen-bond acceptors (Lipinski definition) is 7. The van der Waals surface area contributed by atoms with Crippen LogP contribution in [0.2, 0.25) is 0 Å². The van der Waals surface area contributed by atoms with Gasteiger partial charge in [0.1, 0.15) is 12.6 Å². The molecule has 2 N–H and O–H groups in total. The molecular formula is C29H31N3O6. The number of fused-ring (bicyclic) bond motifs is 1. The molecule has 0 saturated heterocycles. The lowest BCUT2D eigenvalue weighted by molar-refractivity contribution is -0.123. The molecule has 3 aromatic carbocycles. The highest BCUT2D eigenvalue weighted by atomic mass is 16.7. The van der Waals surface area contributed by atoms with Gasteiger partial charge in [0, 0.05) is 5.56 Å². The van der Waals surface area contributed by atoms with Crippen molar-refractivity contribution < 1.29 is 28.5 Å². The summed E-state index contributed by atoms with van der Waals surface area (Å²) in [6.45, 7) is 6.58. The maximum absolute atomic E-state index is 12.8. The van der Waals surface area contributed by atoms with E-state index in [1.54, 1.807) is 30.3 Å². The monoisotopic (exact) mass is 517 g/mol. The lowest BCUT2D eigenvalue weighted by atomic mass is 10.0. The molecule has 0 saturated carbocycles. The summed E-state index contributed by atoms with van der Waals surface area (Å²) in [5, 5.41) is 6.86. The first kappa shape index (κ1) is 26.5. The summed E-state index contributed by atoms with van der Waals surface area (Å²) in [5.74, 6) is 1.27. The molecule has 9 nitrogen and oxygen atoms in total. The molecule has 9 heteroatoms. The zero-order valence-electron chi connectivity index (χ0n) is 21.6. The lowest BCUT2D eigenvalue weighted by Gasteiger charge is -2.20. The predicted molar refractivity (Wildman–Crippen MR) is 143 cm³/mol. The van der Waals surface area contributed by atoms with E-state index >= 15 is 0 Å². The van der Waals surface area contributed by atoms with Gasteiger partial charge in [0.2, 0.25) is 6.79 Å². The molecular weight excluding hydrogens is 486 g/mol. The average Bonchev–Trinajstić information content (AvgIpc) is 3.40. The van der Waals surface area contributed by atoms with Crippen LogP contribution in [0.15, 0.2) is 71.8 Å². The maximum atomic E-state index is 12.8. The van der Waals surface area contributed by atoms with Crippen molar-refractivity contribution in [1.29, 1.82) is 0 Å². The molecule has 3 aromatic rings. The Morgan fingerprint density at radius 2 is 1.76 bits per heavy atom. The normalized spacial score (nSPS) is 12.8. The van der Waals surface area contributed by atoms with Crippen LogP contribution >= 0.6 is 0 Å². The molecule has 198 valence electrons. The van der Waals surface area contributed by atoms with Gasteiger partial charge < -0.3 is 24.3 Å². The van der Waals surface area contributed by atoms with E-state index in [2.05, 4.69) is 15.8 Å². The van der Waals surface area contributed by atoms with Crippen molar-refractivity contribution >= 4 is 18.0 Å². The molecule has 0 bridgehead atoms. The Kier molecular flexibility index (Phi) is 8.81. The molecule has 0 radical (unpaired) electrons. The molecule has 2 amide bonds. The van der Waals surface area contributed by atoms with Gasteiger partial charge in [-0.3, -0.25) is 9.59 Å². The minimum atomic E-state index is -0.794. The summed E-state index contributed by atoms with van der Waals surface area (Å²) in [4.78, 5) is 25.6. The first-order chi connectivity index (χ1) is 18.4. The number of rotatable bonds is 11. The SMILES string of the molecule is CCOc1cc(/C=N/NC(=O)C(NC(=O)c2ccc3c(c2)OCO3)C(C)C)ccc1OCc1ccccc1. The van der Waals surface area contributed by atoms with Crippen LogP contribution in [0.3, 0.4) is 0 Å². The van der Waals surface area contributed by atoms with E-state index in [0.29, 0.717) is 47.3 Å². The number of amides is 2. The Balaban J connectivity index is 1.37. The quantitative estimate of drug-likeness (QED) is 0.290. The van der Waals surface area contributed by atoms with Crippen LogP contribution in [-0.2, 0) is 11.4 Å². The third kappa shape index (κ3) is 6.82. The van der Waals surface area contributed by atoms with Crippen LogP contribution < -0.4 is 29.7 Å². The number of hydrogen-bond donors (Lipinski definition) is 2. The highest BCUT2D eigenvalue weighted by Gasteiger charge is 2.25. The summed E-state index contributed by atoms with van der Waals surface area (Å²) in [7, 11) is 0. The Hall–Kier alpha value is -4.53. The molecule has 38 heavy (non-hydrogen) atoms. The van der Waals surface area contributed by atoms with E-state index in [1.165, 1.54) is 6.21 Å². The molecule has 1 unspecified atom stereocenters. The Morgan fingerprint density at radius 1 is 0.974 bits per heavy atom. The molecule has 0 fully saturated rings. The van der Waals surface area contributed by atoms with Gasteiger partial charge in [-0.1, -0.05) is 44.2 Å². The van der Waals surface area contributed by atoms with Crippen LogP contribution in [0.25, 0.3) is 0 Å². The van der Waals surface area contributed by atoms with Gasteiger partial charge in [0.25, 0.3) is 11.8 Å². The molecule has 0 aromatic heterocycles. The van der Waals surface area contributed by atoms with Crippen molar-refractivity contribution in [3.05, 3.63) is 83.4 Å². The zero-order chi connectivity index (χ0) is 26.9. The van der Waals surface area contributed by atoms with E-state index in [-0.39, 0.29) is 12.7 Å². The molecule has 1 atom stereocenters. The number of benzene rings is 3. The fraction of sp³-hybridized carbons (Fsp3) is 0.276. The highest BCUT2D eigenvalue weighted by Crippen LogP contribution is 2.32. The van der Waals surface area contributed by atoms with Crippen LogP contribution in [0.5, 0.6) is 23.0 Å². The second-order valence-corrected chi connectivity index (χ2v) is 8.91. The number of hydrazone groups is 1. The predicted octanol–water partition coefficient (Wildman–Crippen LogP) is 4.30. The van der Waals surface area contributed by atoms with Gasteiger partial charge in [-0.2, -0.15) is 5.10 Å². The van der Waals surface area contributed by atoms with Gasteiger partial charge in [-0.15, -0.1) is 0 Å². The standard InChI is InChI=1S/C29H31N3O6/c1-4-35-25-14-21(10-12-23(25)36-17-20-8-6-5-7-9-20)16-30-32-29(34)27(19(2)3)31-28(33)22-11-13-24-26(15-22)38-18-37-24/h5-16,19,27H,4,17-18H2,1-3H3,(H,31,33)(H,32,34)/b30-16+. The second-order valence-electron chi connectivity index (χ2n) is 8.91. The summed E-state index contributed by atoms with van der Waals surface area (Å²) in [5.41, 5.74) is 4.66. The summed E-state index contributed by atoms with van der Waals surface area (Å²) in [6, 6.07) is 19.4. The van der Waals surface area contributed by atoms with E-state index in [9.17, 15) is 9.59 Å². The van der Waals surface area contributed by atoms with E-state index < -0.39 is 17.9 Å². The van der Waals surface area contributed by atoms with Gasteiger partial charge in [0.15, 0.2) is 23.0 Å². The van der Waals surface area contributed by atoms with E-state index in [1.807, 2.05) is 57.2 Å². The molecule has 0 aliphatic carbocycles. The minimum absolute atomic E-state index is 0.116. The molecule has 1 aliphatic rings. The fourth-order valence-electron chi connectivity index (χ4n) is 3.77. The third-order valence-electron chi connectivity index (χ3n) is 5.76. The summed E-state index contributed by atoms with van der Waals surface area (Å²) < 4.78 is 22.3. The van der Waals surface area contributed by atoms with E-state index in [4.69, 9.17) is 18.9 Å². The average molecular weight is 518 g/mol. The fourth-order valence-corrected chi connectivity index (χ4v) is 3.77. The van der Waals surface area contributed by atoms with Crippen LogP contribution in [0, 0.1) is 5.92 Å². The largest absolute Gasteiger partial charge is 0.490 e. The number of nitrogens with zero attached hydrogens (tertiary/aromatic N) is 1. The van der Waals surface area contributed by atoms with Crippen molar-refractivity contribution in [1.82, 2.24) is 10.7 Å². The van der Waals surface area contributed by atoms with Crippen LogP contribution in [0.1, 0.15) is 42.3 Å². The molecule has 1 aliphatic heterocycles. The molecule has 1 heterocycles. The Labute approximate surface area is 221 Å². The van der Waals surface area contributed by atoms with Crippen molar-refractivity contribution in [2.75, 3.05) is 13.4 Å². The summed E-state index contributed by atoms with van der Waals surface area (Å²) in [6.07, 6.45) is 1.51. The number of nitrogens with one attached hydrogen (secondary N) is 2. The van der Waals surface area contributed by atoms with Crippen molar-refractivity contribution in [2.24, 2.45) is 11.0 Å². The third-order valence-corrected chi connectivity index (χ3v) is 5.76.